The molecule has 2 aliphatic heterocycles. The summed E-state index contributed by atoms with van der Waals surface area (Å²) < 4.78 is 73.3. The number of hydrogen-bond donors (Lipinski definition) is 2. The Bertz CT molecular complexity index is 1350. The number of fused-ring (bicyclic) bond motifs is 1. The number of halogens is 3. The van der Waals surface area contributed by atoms with Gasteiger partial charge < -0.3 is 14.7 Å². The summed E-state index contributed by atoms with van der Waals surface area (Å²) in [5.41, 5.74) is -1.25. The van der Waals surface area contributed by atoms with Gasteiger partial charge in [-0.1, -0.05) is 6.07 Å². The van der Waals surface area contributed by atoms with Crippen LogP contribution in [0.4, 0.5) is 29.3 Å². The molecular weight excluding hydrogens is 505 g/mol. The first-order valence-corrected chi connectivity index (χ1v) is 12.0. The van der Waals surface area contributed by atoms with Gasteiger partial charge in [-0.15, -0.1) is 0 Å². The number of hydrogen-bond acceptors (Lipinski definition) is 6. The summed E-state index contributed by atoms with van der Waals surface area (Å²) in [6, 6.07) is 9.08. The van der Waals surface area contributed by atoms with E-state index in [1.807, 2.05) is 6.07 Å². The maximum atomic E-state index is 13.5. The number of nitrogens with zero attached hydrogens (tertiary/aromatic N) is 3. The highest BCUT2D eigenvalue weighted by atomic mass is 32.2. The van der Waals surface area contributed by atoms with Crippen LogP contribution in [0.3, 0.4) is 0 Å². The molecule has 2 aromatic rings. The molecule has 0 radical (unpaired) electrons. The molecule has 2 aliphatic rings. The lowest BCUT2D eigenvalue weighted by atomic mass is 10.0. The van der Waals surface area contributed by atoms with E-state index in [1.54, 1.807) is 0 Å². The van der Waals surface area contributed by atoms with Crippen LogP contribution in [0.2, 0.25) is 0 Å². The van der Waals surface area contributed by atoms with E-state index in [2.05, 4.69) is 5.32 Å². The first kappa shape index (κ1) is 25.1. The molecule has 2 heterocycles. The average Bonchev–Trinajstić information content (AvgIpc) is 2.77. The number of carboxylic acid groups (broad SMARTS) is 1. The zero-order valence-corrected chi connectivity index (χ0v) is 19.2. The zero-order chi connectivity index (χ0) is 26.3. The van der Waals surface area contributed by atoms with Gasteiger partial charge in [0.15, 0.2) is 0 Å². The van der Waals surface area contributed by atoms with Crippen molar-refractivity contribution in [3.8, 4) is 11.8 Å². The number of anilines is 2. The number of carbonyl (C=O) groups is 2. The normalized spacial score (nSPS) is 17.9. The fourth-order valence-electron chi connectivity index (χ4n) is 3.89. The highest BCUT2D eigenvalue weighted by molar-refractivity contribution is 7.92. The van der Waals surface area contributed by atoms with Gasteiger partial charge >= 0.3 is 12.3 Å². The second-order valence-electron chi connectivity index (χ2n) is 8.24. The molecule has 1 saturated heterocycles. The molecule has 1 atom stereocenters. The Morgan fingerprint density at radius 2 is 1.89 bits per heavy atom. The van der Waals surface area contributed by atoms with Gasteiger partial charge in [-0.2, -0.15) is 18.4 Å². The summed E-state index contributed by atoms with van der Waals surface area (Å²) in [4.78, 5) is 24.4. The molecular formula is C22H19F3N4O6S. The van der Waals surface area contributed by atoms with Crippen LogP contribution in [0.25, 0.3) is 0 Å². The number of likely N-dealkylation sites (tertiary alicyclic amines) is 1. The standard InChI is InChI=1S/C22H19F3N4O6S/c23-22(24,25)14-2-1-3-17(6-14)36(33,34)29-12-16(8-20(30)28-10-13(9-26)11-28)35-19-5-4-15(7-18(19)29)27-21(31)32/h1-7,13,16,27H,8,10-12H2,(H,31,32). The lowest BCUT2D eigenvalue weighted by molar-refractivity contribution is -0.138. The largest absolute Gasteiger partial charge is 0.486 e. The fraction of sp³-hybridized carbons (Fsp3) is 0.318. The molecule has 4 rings (SSSR count). The number of alkyl halides is 3. The molecule has 1 fully saturated rings. The van der Waals surface area contributed by atoms with Crippen LogP contribution in [-0.4, -0.2) is 56.2 Å². The first-order chi connectivity index (χ1) is 16.9. The second kappa shape index (κ2) is 9.23. The third kappa shape index (κ3) is 5.01. The first-order valence-electron chi connectivity index (χ1n) is 10.6. The van der Waals surface area contributed by atoms with Crippen LogP contribution < -0.4 is 14.4 Å². The van der Waals surface area contributed by atoms with Crippen LogP contribution in [0.15, 0.2) is 47.4 Å². The Balaban J connectivity index is 1.69. The smallest absolute Gasteiger partial charge is 0.416 e. The molecule has 2 N–H and O–H groups in total. The Morgan fingerprint density at radius 1 is 1.17 bits per heavy atom. The molecule has 0 aliphatic carbocycles. The van der Waals surface area contributed by atoms with E-state index in [-0.39, 0.29) is 48.5 Å². The molecule has 0 saturated carbocycles. The summed E-state index contributed by atoms with van der Waals surface area (Å²) in [7, 11) is -4.59. The van der Waals surface area contributed by atoms with Gasteiger partial charge in [0, 0.05) is 18.8 Å². The number of benzene rings is 2. The van der Waals surface area contributed by atoms with Crippen molar-refractivity contribution >= 4 is 33.4 Å². The number of sulfonamides is 1. The molecule has 0 bridgehead atoms. The molecule has 0 spiro atoms. The van der Waals surface area contributed by atoms with Crippen LogP contribution in [0.5, 0.6) is 5.75 Å². The summed E-state index contributed by atoms with van der Waals surface area (Å²) in [6.45, 7) is 0.0770. The van der Waals surface area contributed by atoms with E-state index in [1.165, 1.54) is 23.1 Å². The molecule has 0 aromatic heterocycles. The quantitative estimate of drug-likeness (QED) is 0.612. The molecule has 14 heteroatoms. The van der Waals surface area contributed by atoms with Crippen molar-refractivity contribution in [2.45, 2.75) is 23.6 Å². The van der Waals surface area contributed by atoms with Crippen molar-refractivity contribution < 1.29 is 41.0 Å². The maximum absolute atomic E-state index is 13.5. The predicted molar refractivity (Wildman–Crippen MR) is 119 cm³/mol. The molecule has 2 amide bonds. The monoisotopic (exact) mass is 524 g/mol. The second-order valence-corrected chi connectivity index (χ2v) is 10.1. The van der Waals surface area contributed by atoms with Crippen LogP contribution >= 0.6 is 0 Å². The summed E-state index contributed by atoms with van der Waals surface area (Å²) in [6.07, 6.45) is -7.40. The summed E-state index contributed by atoms with van der Waals surface area (Å²) >= 11 is 0. The Kier molecular flexibility index (Phi) is 6.44. The Morgan fingerprint density at radius 3 is 2.53 bits per heavy atom. The third-order valence-corrected chi connectivity index (χ3v) is 7.49. The van der Waals surface area contributed by atoms with E-state index in [9.17, 15) is 31.2 Å². The Hall–Kier alpha value is -3.99. The van der Waals surface area contributed by atoms with E-state index >= 15 is 0 Å². The van der Waals surface area contributed by atoms with Crippen LogP contribution in [0, 0.1) is 17.2 Å². The number of ether oxygens (including phenoxy) is 1. The van der Waals surface area contributed by atoms with Crippen molar-refractivity contribution in [3.05, 3.63) is 48.0 Å². The maximum Gasteiger partial charge on any atom is 0.416 e. The number of carbonyl (C=O) groups excluding carboxylic acids is 1. The van der Waals surface area contributed by atoms with Gasteiger partial charge in [0.1, 0.15) is 11.9 Å². The van der Waals surface area contributed by atoms with Crippen molar-refractivity contribution in [1.82, 2.24) is 4.90 Å². The molecule has 10 nitrogen and oxygen atoms in total. The predicted octanol–water partition coefficient (Wildman–Crippen LogP) is 3.12. The van der Waals surface area contributed by atoms with Crippen LogP contribution in [-0.2, 0) is 21.0 Å². The minimum absolute atomic E-state index is 0.00375. The third-order valence-electron chi connectivity index (χ3n) is 5.71. The van der Waals surface area contributed by atoms with Crippen LogP contribution in [0.1, 0.15) is 12.0 Å². The molecule has 2 aromatic carbocycles. The highest BCUT2D eigenvalue weighted by Crippen LogP contribution is 2.40. The minimum atomic E-state index is -4.78. The Labute approximate surface area is 203 Å². The number of nitriles is 1. The van der Waals surface area contributed by atoms with Gasteiger partial charge in [-0.25, -0.2) is 13.2 Å². The molecule has 36 heavy (non-hydrogen) atoms. The van der Waals surface area contributed by atoms with E-state index in [4.69, 9.17) is 15.1 Å². The van der Waals surface area contributed by atoms with Crippen molar-refractivity contribution in [2.75, 3.05) is 29.3 Å². The van der Waals surface area contributed by atoms with E-state index in [0.29, 0.717) is 6.07 Å². The molecule has 190 valence electrons. The summed E-state index contributed by atoms with van der Waals surface area (Å²) in [5.74, 6) is -0.639. The average molecular weight is 524 g/mol. The van der Waals surface area contributed by atoms with Gasteiger partial charge in [-0.3, -0.25) is 14.4 Å². The number of nitrogens with one attached hydrogen (secondary N) is 1. The van der Waals surface area contributed by atoms with E-state index < -0.39 is 45.4 Å². The van der Waals surface area contributed by atoms with Crippen molar-refractivity contribution in [3.63, 3.8) is 0 Å². The van der Waals surface area contributed by atoms with Crippen molar-refractivity contribution in [1.29, 1.82) is 5.26 Å². The summed E-state index contributed by atoms with van der Waals surface area (Å²) in [5, 5.41) is 20.0. The van der Waals surface area contributed by atoms with Gasteiger partial charge in [-0.05, 0) is 36.4 Å². The highest BCUT2D eigenvalue weighted by Gasteiger charge is 2.39. The fourth-order valence-corrected chi connectivity index (χ4v) is 5.44. The zero-order valence-electron chi connectivity index (χ0n) is 18.4. The van der Waals surface area contributed by atoms with E-state index in [0.717, 1.165) is 22.5 Å². The SMILES string of the molecule is N#CC1CN(C(=O)CC2CN(S(=O)(=O)c3cccc(C(F)(F)F)c3)c3cc(NC(=O)O)ccc3O2)C1. The van der Waals surface area contributed by atoms with Crippen molar-refractivity contribution in [2.24, 2.45) is 5.92 Å². The van der Waals surface area contributed by atoms with Gasteiger partial charge in [0.2, 0.25) is 5.91 Å². The van der Waals surface area contributed by atoms with Gasteiger partial charge in [0.25, 0.3) is 10.0 Å². The lowest BCUT2D eigenvalue weighted by Gasteiger charge is -2.39. The lowest BCUT2D eigenvalue weighted by Crippen LogP contribution is -2.52. The minimum Gasteiger partial charge on any atom is -0.486 e. The van der Waals surface area contributed by atoms with Gasteiger partial charge in [0.05, 0.1) is 41.1 Å². The topological polar surface area (TPSA) is 140 Å². The number of rotatable bonds is 5. The number of amides is 2. The molecule has 1 unspecified atom stereocenters.